The Bertz CT molecular complexity index is 234. The zero-order valence-electron chi connectivity index (χ0n) is 8.68. The molecule has 0 heterocycles. The number of esters is 2. The largest absolute Gasteiger partial charge is 0.393 e. The van der Waals surface area contributed by atoms with Gasteiger partial charge in [0.25, 0.3) is 0 Å². The zero-order valence-corrected chi connectivity index (χ0v) is 8.68. The molecule has 0 aliphatic heterocycles. The third kappa shape index (κ3) is 6.82. The van der Waals surface area contributed by atoms with Crippen molar-refractivity contribution in [3.8, 4) is 0 Å². The normalized spacial score (nSPS) is 12.7. The van der Waals surface area contributed by atoms with Crippen molar-refractivity contribution >= 4 is 11.9 Å². The van der Waals surface area contributed by atoms with E-state index in [2.05, 4.69) is 4.74 Å². The Labute approximate surface area is 88.4 Å². The van der Waals surface area contributed by atoms with Crippen molar-refractivity contribution in [1.82, 2.24) is 0 Å². The molecule has 0 rings (SSSR count). The van der Waals surface area contributed by atoms with Crippen LogP contribution in [0.5, 0.6) is 0 Å². The summed E-state index contributed by atoms with van der Waals surface area (Å²) in [7, 11) is 0. The van der Waals surface area contributed by atoms with E-state index in [-0.39, 0.29) is 6.42 Å². The van der Waals surface area contributed by atoms with Gasteiger partial charge in [0.1, 0.15) is 0 Å². The smallest absolute Gasteiger partial charge is 0.345 e. The van der Waals surface area contributed by atoms with E-state index in [9.17, 15) is 9.59 Å². The van der Waals surface area contributed by atoms with Crippen LogP contribution in [0.3, 0.4) is 0 Å². The minimum atomic E-state index is -1.64. The topological polar surface area (TPSA) is 83.8 Å². The minimum absolute atomic E-state index is 0.0837. The lowest BCUT2D eigenvalue weighted by Crippen LogP contribution is -2.28. The van der Waals surface area contributed by atoms with E-state index in [0.29, 0.717) is 6.42 Å². The molecule has 0 spiro atoms. The van der Waals surface area contributed by atoms with Gasteiger partial charge in [0.2, 0.25) is 0 Å². The summed E-state index contributed by atoms with van der Waals surface area (Å²) in [4.78, 5) is 21.8. The predicted molar refractivity (Wildman–Crippen MR) is 52.9 cm³/mol. The minimum Gasteiger partial charge on any atom is -0.393 e. The van der Waals surface area contributed by atoms with E-state index in [1.807, 2.05) is 19.1 Å². The summed E-state index contributed by atoms with van der Waals surface area (Å²) in [5.74, 6) is -1.81. The van der Waals surface area contributed by atoms with Gasteiger partial charge in [-0.05, 0) is 12.8 Å². The van der Waals surface area contributed by atoms with Crippen LogP contribution in [0, 0.1) is 0 Å². The summed E-state index contributed by atoms with van der Waals surface area (Å²) in [5.41, 5.74) is 0. The number of aliphatic hydroxyl groups is 2. The van der Waals surface area contributed by atoms with Crippen LogP contribution in [-0.4, -0.2) is 34.9 Å². The summed E-state index contributed by atoms with van der Waals surface area (Å²) in [6, 6.07) is 0. The first-order chi connectivity index (χ1) is 7.11. The van der Waals surface area contributed by atoms with Crippen molar-refractivity contribution in [3.05, 3.63) is 12.2 Å². The highest BCUT2D eigenvalue weighted by molar-refractivity contribution is 5.87. The first kappa shape index (κ1) is 13.8. The van der Waals surface area contributed by atoms with Gasteiger partial charge in [-0.15, -0.1) is 0 Å². The number of ether oxygens (including phenoxy) is 1. The second-order valence-electron chi connectivity index (χ2n) is 2.91. The van der Waals surface area contributed by atoms with Gasteiger partial charge in [0, 0.05) is 6.42 Å². The fourth-order valence-electron chi connectivity index (χ4n) is 0.791. The number of hydrogen-bond acceptors (Lipinski definition) is 5. The van der Waals surface area contributed by atoms with Gasteiger partial charge >= 0.3 is 11.9 Å². The van der Waals surface area contributed by atoms with Crippen molar-refractivity contribution < 1.29 is 24.5 Å². The zero-order chi connectivity index (χ0) is 11.7. The number of allylic oxidation sites excluding steroid dienone is 2. The maximum absolute atomic E-state index is 11.0. The highest BCUT2D eigenvalue weighted by atomic mass is 16.6. The third-order valence-electron chi connectivity index (χ3n) is 1.58. The van der Waals surface area contributed by atoms with Crippen LogP contribution in [0.25, 0.3) is 0 Å². The highest BCUT2D eigenvalue weighted by Crippen LogP contribution is 1.97. The Balaban J connectivity index is 3.74. The van der Waals surface area contributed by atoms with Gasteiger partial charge in [-0.3, -0.25) is 4.79 Å². The van der Waals surface area contributed by atoms with Crippen molar-refractivity contribution in [3.63, 3.8) is 0 Å². The standard InChI is InChI=1S/C10H16O5/c1-2-3-4-5-6-9(13)15-10(14)8(12)7-11/h3-4,8,11-12H,2,5-7H2,1H3. The monoisotopic (exact) mass is 216 g/mol. The van der Waals surface area contributed by atoms with Crippen LogP contribution in [-0.2, 0) is 14.3 Å². The first-order valence-corrected chi connectivity index (χ1v) is 4.80. The molecular weight excluding hydrogens is 200 g/mol. The number of carbonyl (C=O) groups is 2. The maximum atomic E-state index is 11.0. The average Bonchev–Trinajstić information content (AvgIpc) is 2.23. The number of rotatable bonds is 6. The van der Waals surface area contributed by atoms with Crippen LogP contribution in [0.4, 0.5) is 0 Å². The average molecular weight is 216 g/mol. The Hall–Kier alpha value is -1.20. The van der Waals surface area contributed by atoms with Gasteiger partial charge in [0.15, 0.2) is 6.10 Å². The maximum Gasteiger partial charge on any atom is 0.345 e. The van der Waals surface area contributed by atoms with E-state index in [4.69, 9.17) is 10.2 Å². The summed E-state index contributed by atoms with van der Waals surface area (Å²) >= 11 is 0. The quantitative estimate of drug-likeness (QED) is 0.375. The van der Waals surface area contributed by atoms with Crippen molar-refractivity contribution in [1.29, 1.82) is 0 Å². The Kier molecular flexibility index (Phi) is 7.49. The highest BCUT2D eigenvalue weighted by Gasteiger charge is 2.18. The second-order valence-corrected chi connectivity index (χ2v) is 2.91. The molecule has 0 saturated heterocycles. The molecule has 0 saturated carbocycles. The van der Waals surface area contributed by atoms with E-state index in [1.54, 1.807) is 0 Å². The van der Waals surface area contributed by atoms with Crippen molar-refractivity contribution in [2.45, 2.75) is 32.3 Å². The molecule has 0 aromatic rings. The molecule has 5 heteroatoms. The lowest BCUT2D eigenvalue weighted by molar-refractivity contribution is -0.167. The molecule has 5 nitrogen and oxygen atoms in total. The van der Waals surface area contributed by atoms with E-state index in [0.717, 1.165) is 6.42 Å². The van der Waals surface area contributed by atoms with Gasteiger partial charge in [-0.25, -0.2) is 4.79 Å². The van der Waals surface area contributed by atoms with Gasteiger partial charge < -0.3 is 14.9 Å². The molecule has 0 bridgehead atoms. The Morgan fingerprint density at radius 1 is 1.40 bits per heavy atom. The molecule has 15 heavy (non-hydrogen) atoms. The molecule has 1 atom stereocenters. The molecule has 0 radical (unpaired) electrons. The van der Waals surface area contributed by atoms with Crippen molar-refractivity contribution in [2.24, 2.45) is 0 Å². The van der Waals surface area contributed by atoms with Crippen LogP contribution in [0.2, 0.25) is 0 Å². The number of aliphatic hydroxyl groups excluding tert-OH is 2. The summed E-state index contributed by atoms with van der Waals surface area (Å²) in [5, 5.41) is 17.2. The first-order valence-electron chi connectivity index (χ1n) is 4.80. The van der Waals surface area contributed by atoms with Gasteiger partial charge in [-0.1, -0.05) is 19.1 Å². The molecule has 0 fully saturated rings. The summed E-state index contributed by atoms with van der Waals surface area (Å²) in [6.45, 7) is 1.22. The van der Waals surface area contributed by atoms with Crippen molar-refractivity contribution in [2.75, 3.05) is 6.61 Å². The van der Waals surface area contributed by atoms with E-state index >= 15 is 0 Å². The van der Waals surface area contributed by atoms with Crippen LogP contribution >= 0.6 is 0 Å². The molecule has 0 amide bonds. The molecule has 86 valence electrons. The van der Waals surface area contributed by atoms with E-state index in [1.165, 1.54) is 0 Å². The Morgan fingerprint density at radius 2 is 2.07 bits per heavy atom. The second kappa shape index (κ2) is 8.14. The fraction of sp³-hybridized carbons (Fsp3) is 0.600. The summed E-state index contributed by atoms with van der Waals surface area (Å²) in [6.07, 6.45) is 3.54. The SMILES string of the molecule is CCC=CCCC(=O)OC(=O)C(O)CO. The molecule has 1 unspecified atom stereocenters. The molecule has 0 aliphatic rings. The molecule has 2 N–H and O–H groups in total. The molecule has 0 aromatic carbocycles. The van der Waals surface area contributed by atoms with Gasteiger partial charge in [-0.2, -0.15) is 0 Å². The lowest BCUT2D eigenvalue weighted by Gasteiger charge is -2.05. The third-order valence-corrected chi connectivity index (χ3v) is 1.58. The predicted octanol–water partition coefficient (Wildman–Crippen LogP) is 0.156. The van der Waals surface area contributed by atoms with Crippen LogP contribution in [0.1, 0.15) is 26.2 Å². The molecular formula is C10H16O5. The Morgan fingerprint density at radius 3 is 2.60 bits per heavy atom. The van der Waals surface area contributed by atoms with Crippen LogP contribution < -0.4 is 0 Å². The van der Waals surface area contributed by atoms with Gasteiger partial charge in [0.05, 0.1) is 6.61 Å². The lowest BCUT2D eigenvalue weighted by atomic mass is 10.3. The van der Waals surface area contributed by atoms with E-state index < -0.39 is 24.6 Å². The number of carbonyl (C=O) groups excluding carboxylic acids is 2. The fourth-order valence-corrected chi connectivity index (χ4v) is 0.791. The van der Waals surface area contributed by atoms with Crippen LogP contribution in [0.15, 0.2) is 12.2 Å². The summed E-state index contributed by atoms with van der Waals surface area (Å²) < 4.78 is 4.26. The molecule has 0 aromatic heterocycles. The molecule has 0 aliphatic carbocycles. The number of hydrogen-bond donors (Lipinski definition) is 2.